The molecule has 20 heavy (non-hydrogen) atoms. The Bertz CT molecular complexity index is 528. The third-order valence-corrected chi connectivity index (χ3v) is 4.93. The Morgan fingerprint density at radius 3 is 2.50 bits per heavy atom. The van der Waals surface area contributed by atoms with E-state index in [-0.39, 0.29) is 0 Å². The minimum atomic E-state index is 0.324. The number of nitrogens with zero attached hydrogens (tertiary/aromatic N) is 1. The van der Waals surface area contributed by atoms with Crippen LogP contribution in [0.5, 0.6) is 5.75 Å². The maximum absolute atomic E-state index is 11.9. The van der Waals surface area contributed by atoms with E-state index in [0.29, 0.717) is 30.7 Å². The van der Waals surface area contributed by atoms with Crippen LogP contribution in [0.15, 0.2) is 12.1 Å². The van der Waals surface area contributed by atoms with Gasteiger partial charge >= 0.3 is 0 Å². The van der Waals surface area contributed by atoms with Crippen LogP contribution in [-0.4, -0.2) is 25.0 Å². The number of carbonyl (C=O) groups excluding carboxylic acids is 1. The summed E-state index contributed by atoms with van der Waals surface area (Å²) in [5.74, 6) is 1.22. The Labute approximate surface area is 124 Å². The van der Waals surface area contributed by atoms with Crippen LogP contribution >= 0.6 is 11.6 Å². The number of rotatable bonds is 2. The summed E-state index contributed by atoms with van der Waals surface area (Å²) < 4.78 is 5.52. The molecule has 0 aromatic heterocycles. The van der Waals surface area contributed by atoms with Gasteiger partial charge < -0.3 is 9.64 Å². The van der Waals surface area contributed by atoms with Gasteiger partial charge in [-0.3, -0.25) is 4.79 Å². The second-order valence-electron chi connectivity index (χ2n) is 5.87. The van der Waals surface area contributed by atoms with Crippen molar-refractivity contribution in [2.24, 2.45) is 0 Å². The number of ketones is 1. The Kier molecular flexibility index (Phi) is 3.63. The zero-order valence-corrected chi connectivity index (χ0v) is 12.7. The van der Waals surface area contributed by atoms with Crippen LogP contribution in [-0.2, 0) is 4.79 Å². The summed E-state index contributed by atoms with van der Waals surface area (Å²) in [6.45, 7) is 2.01. The fourth-order valence-corrected chi connectivity index (χ4v) is 3.74. The van der Waals surface area contributed by atoms with Crippen molar-refractivity contribution in [2.45, 2.75) is 51.1 Å². The molecule has 2 heterocycles. The zero-order valence-electron chi connectivity index (χ0n) is 12.0. The summed E-state index contributed by atoms with van der Waals surface area (Å²) in [7, 11) is 1.68. The topological polar surface area (TPSA) is 29.5 Å². The number of piperidine rings is 2. The highest BCUT2D eigenvalue weighted by molar-refractivity contribution is 6.31. The molecule has 2 saturated heterocycles. The lowest BCUT2D eigenvalue weighted by Gasteiger charge is -2.47. The molecule has 1 aromatic carbocycles. The maximum Gasteiger partial charge on any atom is 0.143 e. The molecule has 2 aliphatic heterocycles. The van der Waals surface area contributed by atoms with Gasteiger partial charge in [0.05, 0.1) is 12.8 Å². The summed E-state index contributed by atoms with van der Waals surface area (Å²) in [6.07, 6.45) is 4.73. The molecule has 0 radical (unpaired) electrons. The first-order chi connectivity index (χ1) is 9.60. The second-order valence-corrected chi connectivity index (χ2v) is 6.27. The molecular weight excluding hydrogens is 274 g/mol. The van der Waals surface area contributed by atoms with Gasteiger partial charge in [0.2, 0.25) is 0 Å². The van der Waals surface area contributed by atoms with Crippen molar-refractivity contribution < 1.29 is 9.53 Å². The average Bonchev–Trinajstić information content (AvgIpc) is 2.40. The van der Waals surface area contributed by atoms with Crippen molar-refractivity contribution in [1.82, 2.24) is 0 Å². The van der Waals surface area contributed by atoms with E-state index in [2.05, 4.69) is 11.0 Å². The number of Topliss-reactive ketones (excluding diaryl/α,β-unsaturated/α-hetero) is 1. The standard InChI is InChI=1S/C16H20ClNO2/c1-10-6-15(16(20-2)9-14(10)17)18-11-4-3-5-12(18)8-13(19)7-11/h6,9,11-12H,3-5,7-8H2,1-2H3. The number of methoxy groups -OCH3 is 1. The van der Waals surface area contributed by atoms with Gasteiger partial charge in [-0.1, -0.05) is 11.6 Å². The van der Waals surface area contributed by atoms with Crippen molar-refractivity contribution >= 4 is 23.1 Å². The summed E-state index contributed by atoms with van der Waals surface area (Å²) in [4.78, 5) is 14.3. The van der Waals surface area contributed by atoms with Gasteiger partial charge in [-0.05, 0) is 37.8 Å². The first kappa shape index (κ1) is 13.7. The number of aryl methyl sites for hydroxylation is 1. The SMILES string of the molecule is COc1cc(Cl)c(C)cc1N1C2CCCC1CC(=O)C2. The number of hydrogen-bond acceptors (Lipinski definition) is 3. The highest BCUT2D eigenvalue weighted by atomic mass is 35.5. The summed E-state index contributed by atoms with van der Waals surface area (Å²) in [6, 6.07) is 4.63. The van der Waals surface area contributed by atoms with E-state index in [1.165, 1.54) is 6.42 Å². The molecule has 1 aromatic rings. The first-order valence-corrected chi connectivity index (χ1v) is 7.62. The molecule has 0 saturated carbocycles. The molecule has 0 aliphatic carbocycles. The van der Waals surface area contributed by atoms with Crippen LogP contribution in [0.4, 0.5) is 5.69 Å². The molecule has 2 fully saturated rings. The van der Waals surface area contributed by atoms with Gasteiger partial charge in [0.15, 0.2) is 0 Å². The highest BCUT2D eigenvalue weighted by Gasteiger charge is 2.38. The molecule has 0 N–H and O–H groups in total. The largest absolute Gasteiger partial charge is 0.495 e. The molecule has 108 valence electrons. The second kappa shape index (κ2) is 5.28. The van der Waals surface area contributed by atoms with E-state index < -0.39 is 0 Å². The lowest BCUT2D eigenvalue weighted by molar-refractivity contribution is -0.121. The van der Waals surface area contributed by atoms with Gasteiger partial charge in [-0.2, -0.15) is 0 Å². The summed E-state index contributed by atoms with van der Waals surface area (Å²) >= 11 is 6.19. The third-order valence-electron chi connectivity index (χ3n) is 4.53. The number of ether oxygens (including phenoxy) is 1. The predicted molar refractivity (Wildman–Crippen MR) is 80.9 cm³/mol. The quantitative estimate of drug-likeness (QED) is 0.832. The number of carbonyl (C=O) groups is 1. The van der Waals surface area contributed by atoms with Crippen molar-refractivity contribution in [3.63, 3.8) is 0 Å². The molecule has 0 amide bonds. The molecule has 2 atom stereocenters. The molecule has 4 heteroatoms. The Morgan fingerprint density at radius 1 is 1.25 bits per heavy atom. The van der Waals surface area contributed by atoms with Gasteiger partial charge in [0.1, 0.15) is 11.5 Å². The van der Waals surface area contributed by atoms with Crippen LogP contribution in [0, 0.1) is 6.92 Å². The van der Waals surface area contributed by atoms with E-state index >= 15 is 0 Å². The van der Waals surface area contributed by atoms with E-state index in [0.717, 1.165) is 34.9 Å². The fraction of sp³-hybridized carbons (Fsp3) is 0.562. The molecule has 2 aliphatic rings. The smallest absolute Gasteiger partial charge is 0.143 e. The lowest BCUT2D eigenvalue weighted by atomic mass is 9.83. The van der Waals surface area contributed by atoms with Crippen molar-refractivity contribution in [3.8, 4) is 5.75 Å². The van der Waals surface area contributed by atoms with Crippen LogP contribution in [0.2, 0.25) is 5.02 Å². The van der Waals surface area contributed by atoms with Gasteiger partial charge in [0, 0.05) is 36.0 Å². The van der Waals surface area contributed by atoms with E-state index in [9.17, 15) is 4.79 Å². The minimum Gasteiger partial charge on any atom is -0.495 e. The molecular formula is C16H20ClNO2. The first-order valence-electron chi connectivity index (χ1n) is 7.24. The van der Waals surface area contributed by atoms with Crippen molar-refractivity contribution in [2.75, 3.05) is 12.0 Å². The number of anilines is 1. The fourth-order valence-electron chi connectivity index (χ4n) is 3.58. The Balaban J connectivity index is 2.03. The summed E-state index contributed by atoms with van der Waals surface area (Å²) in [5, 5.41) is 0.726. The van der Waals surface area contributed by atoms with Crippen LogP contribution < -0.4 is 9.64 Å². The van der Waals surface area contributed by atoms with Crippen LogP contribution in [0.25, 0.3) is 0 Å². The maximum atomic E-state index is 11.9. The number of fused-ring (bicyclic) bond motifs is 2. The Hall–Kier alpha value is -1.22. The Morgan fingerprint density at radius 2 is 1.90 bits per heavy atom. The van der Waals surface area contributed by atoms with Crippen molar-refractivity contribution in [3.05, 3.63) is 22.7 Å². The number of halogens is 1. The summed E-state index contributed by atoms with van der Waals surface area (Å²) in [5.41, 5.74) is 2.15. The third kappa shape index (κ3) is 2.28. The molecule has 0 spiro atoms. The zero-order chi connectivity index (χ0) is 14.3. The normalized spacial score (nSPS) is 25.8. The van der Waals surface area contributed by atoms with Gasteiger partial charge in [0.25, 0.3) is 0 Å². The molecule has 2 unspecified atom stereocenters. The average molecular weight is 294 g/mol. The lowest BCUT2D eigenvalue weighted by Crippen LogP contribution is -2.52. The molecule has 2 bridgehead atoms. The molecule has 3 nitrogen and oxygen atoms in total. The predicted octanol–water partition coefficient (Wildman–Crippen LogP) is 3.75. The monoisotopic (exact) mass is 293 g/mol. The highest BCUT2D eigenvalue weighted by Crippen LogP contribution is 2.42. The van der Waals surface area contributed by atoms with Crippen molar-refractivity contribution in [1.29, 1.82) is 0 Å². The van der Waals surface area contributed by atoms with E-state index in [1.54, 1.807) is 7.11 Å². The van der Waals surface area contributed by atoms with Gasteiger partial charge in [-0.25, -0.2) is 0 Å². The van der Waals surface area contributed by atoms with Gasteiger partial charge in [-0.15, -0.1) is 0 Å². The number of hydrogen-bond donors (Lipinski definition) is 0. The number of benzene rings is 1. The van der Waals surface area contributed by atoms with Crippen LogP contribution in [0.1, 0.15) is 37.7 Å². The minimum absolute atomic E-state index is 0.324. The van der Waals surface area contributed by atoms with E-state index in [1.807, 2.05) is 13.0 Å². The van der Waals surface area contributed by atoms with Crippen LogP contribution in [0.3, 0.4) is 0 Å². The van der Waals surface area contributed by atoms with E-state index in [4.69, 9.17) is 16.3 Å². The molecule has 3 rings (SSSR count).